The van der Waals surface area contributed by atoms with Gasteiger partial charge in [0, 0.05) is 5.02 Å². The summed E-state index contributed by atoms with van der Waals surface area (Å²) in [5.74, 6) is -0.424. The Morgan fingerprint density at radius 2 is 1.89 bits per heavy atom. The molecule has 2 aromatic rings. The van der Waals surface area contributed by atoms with Crippen molar-refractivity contribution >= 4 is 17.7 Å². The minimum Gasteiger partial charge on any atom is -0.444 e. The van der Waals surface area contributed by atoms with Crippen LogP contribution in [0.15, 0.2) is 48.5 Å². The largest absolute Gasteiger partial charge is 0.444 e. The van der Waals surface area contributed by atoms with Crippen LogP contribution >= 0.6 is 11.6 Å². The third kappa shape index (κ3) is 4.65. The van der Waals surface area contributed by atoms with Crippen molar-refractivity contribution in [3.63, 3.8) is 0 Å². The lowest BCUT2D eigenvalue weighted by Gasteiger charge is -2.35. The average molecular weight is 406 g/mol. The van der Waals surface area contributed by atoms with Crippen LogP contribution in [0.1, 0.15) is 56.9 Å². The molecule has 1 N–H and O–H groups in total. The predicted molar refractivity (Wildman–Crippen MR) is 107 cm³/mol. The van der Waals surface area contributed by atoms with E-state index in [1.165, 1.54) is 12.1 Å². The van der Waals surface area contributed by atoms with E-state index in [-0.39, 0.29) is 6.04 Å². The van der Waals surface area contributed by atoms with Crippen LogP contribution in [0.5, 0.6) is 0 Å². The van der Waals surface area contributed by atoms with Gasteiger partial charge in [0.2, 0.25) is 0 Å². The Morgan fingerprint density at radius 1 is 1.21 bits per heavy atom. The number of carbonyl (C=O) groups excluding carboxylic acids is 1. The molecule has 0 unspecified atom stereocenters. The molecule has 1 aliphatic rings. The van der Waals surface area contributed by atoms with Crippen molar-refractivity contribution in [1.29, 1.82) is 0 Å². The normalized spacial score (nSPS) is 20.9. The third-order valence-electron chi connectivity index (χ3n) is 4.84. The molecule has 6 heteroatoms. The maximum atomic E-state index is 13.6. The van der Waals surface area contributed by atoms with Crippen LogP contribution in [0.4, 0.5) is 9.18 Å². The standard InChI is InChI=1S/C22H25ClFNO3/c1-22(2,3)28-21(27)25-18(14-7-9-16(23)10-8-14)11-12-19(25)20(26)15-5-4-6-17(24)13-15/h4-10,13,18-20,26H,11-12H2,1-3H3/t18-,19+,20+/m0/s1. The molecule has 150 valence electrons. The molecule has 3 atom stereocenters. The van der Waals surface area contributed by atoms with Gasteiger partial charge in [0.15, 0.2) is 0 Å². The van der Waals surface area contributed by atoms with Gasteiger partial charge in [-0.05, 0) is 69.0 Å². The summed E-state index contributed by atoms with van der Waals surface area (Å²) in [7, 11) is 0. The van der Waals surface area contributed by atoms with Crippen LogP contribution in [-0.2, 0) is 4.74 Å². The van der Waals surface area contributed by atoms with E-state index in [1.807, 2.05) is 12.1 Å². The molecule has 0 spiro atoms. The molecule has 2 aromatic carbocycles. The second-order valence-corrected chi connectivity index (χ2v) is 8.54. The quantitative estimate of drug-likeness (QED) is 0.717. The molecule has 1 fully saturated rings. The Hall–Kier alpha value is -2.11. The second kappa shape index (κ2) is 8.10. The maximum Gasteiger partial charge on any atom is 0.411 e. The topological polar surface area (TPSA) is 49.8 Å². The first kappa shape index (κ1) is 20.6. The highest BCUT2D eigenvalue weighted by atomic mass is 35.5. The molecule has 1 aliphatic heterocycles. The van der Waals surface area contributed by atoms with Gasteiger partial charge in [0.25, 0.3) is 0 Å². The number of aliphatic hydroxyl groups excluding tert-OH is 1. The van der Waals surface area contributed by atoms with Crippen molar-refractivity contribution in [2.45, 2.75) is 57.4 Å². The van der Waals surface area contributed by atoms with Crippen molar-refractivity contribution in [2.24, 2.45) is 0 Å². The molecule has 4 nitrogen and oxygen atoms in total. The zero-order valence-corrected chi connectivity index (χ0v) is 17.0. The van der Waals surface area contributed by atoms with Gasteiger partial charge < -0.3 is 9.84 Å². The van der Waals surface area contributed by atoms with Gasteiger partial charge in [-0.3, -0.25) is 4.90 Å². The molecule has 1 amide bonds. The molecule has 0 aliphatic carbocycles. The van der Waals surface area contributed by atoms with Crippen molar-refractivity contribution in [3.05, 3.63) is 70.5 Å². The molecule has 0 bridgehead atoms. The molecule has 1 heterocycles. The molecule has 3 rings (SSSR count). The number of ether oxygens (including phenoxy) is 1. The molecular formula is C22H25ClFNO3. The third-order valence-corrected chi connectivity index (χ3v) is 5.09. The lowest BCUT2D eigenvalue weighted by Crippen LogP contribution is -2.43. The minimum absolute atomic E-state index is 0.250. The van der Waals surface area contributed by atoms with E-state index in [9.17, 15) is 14.3 Å². The first-order valence-corrected chi connectivity index (χ1v) is 9.74. The van der Waals surface area contributed by atoms with Crippen LogP contribution in [0.2, 0.25) is 5.02 Å². The number of nitrogens with zero attached hydrogens (tertiary/aromatic N) is 1. The lowest BCUT2D eigenvalue weighted by atomic mass is 10.0. The predicted octanol–water partition coefficient (Wildman–Crippen LogP) is 5.65. The summed E-state index contributed by atoms with van der Waals surface area (Å²) in [6.45, 7) is 5.41. The van der Waals surface area contributed by atoms with Crippen LogP contribution in [0.25, 0.3) is 0 Å². The fraction of sp³-hybridized carbons (Fsp3) is 0.409. The summed E-state index contributed by atoms with van der Waals surface area (Å²) in [6.07, 6.45) is -0.270. The SMILES string of the molecule is CC(C)(C)OC(=O)N1[C@@H]([C@H](O)c2cccc(F)c2)CC[C@H]1c1ccc(Cl)cc1. The number of rotatable bonds is 3. The van der Waals surface area contributed by atoms with Gasteiger partial charge in [-0.25, -0.2) is 9.18 Å². The summed E-state index contributed by atoms with van der Waals surface area (Å²) in [4.78, 5) is 14.6. The molecule has 0 aromatic heterocycles. The number of benzene rings is 2. The summed E-state index contributed by atoms with van der Waals surface area (Å²) in [5, 5.41) is 11.5. The minimum atomic E-state index is -1.01. The summed E-state index contributed by atoms with van der Waals surface area (Å²) in [6, 6.07) is 12.4. The Balaban J connectivity index is 1.94. The van der Waals surface area contributed by atoms with E-state index in [0.29, 0.717) is 23.4 Å². The number of aliphatic hydroxyl groups is 1. The number of amides is 1. The Morgan fingerprint density at radius 3 is 2.50 bits per heavy atom. The van der Waals surface area contributed by atoms with Crippen molar-refractivity contribution < 1.29 is 19.0 Å². The van der Waals surface area contributed by atoms with Gasteiger partial charge in [0.1, 0.15) is 11.4 Å². The van der Waals surface area contributed by atoms with E-state index in [2.05, 4.69) is 0 Å². The highest BCUT2D eigenvalue weighted by Crippen LogP contribution is 2.42. The Labute approximate surface area is 169 Å². The van der Waals surface area contributed by atoms with Gasteiger partial charge in [-0.2, -0.15) is 0 Å². The summed E-state index contributed by atoms with van der Waals surface area (Å²) < 4.78 is 19.3. The van der Waals surface area contributed by atoms with Gasteiger partial charge in [-0.1, -0.05) is 35.9 Å². The fourth-order valence-corrected chi connectivity index (χ4v) is 3.78. The van der Waals surface area contributed by atoms with E-state index >= 15 is 0 Å². The lowest BCUT2D eigenvalue weighted by molar-refractivity contribution is -0.00493. The van der Waals surface area contributed by atoms with Crippen LogP contribution in [-0.4, -0.2) is 27.7 Å². The summed E-state index contributed by atoms with van der Waals surface area (Å²) in [5.41, 5.74) is 0.693. The highest BCUT2D eigenvalue weighted by molar-refractivity contribution is 6.30. The number of hydrogen-bond donors (Lipinski definition) is 1. The smallest absolute Gasteiger partial charge is 0.411 e. The van der Waals surface area contributed by atoms with Gasteiger partial charge in [0.05, 0.1) is 18.2 Å². The molecule has 1 saturated heterocycles. The second-order valence-electron chi connectivity index (χ2n) is 8.10. The van der Waals surface area contributed by atoms with E-state index < -0.39 is 29.7 Å². The summed E-state index contributed by atoms with van der Waals surface area (Å²) >= 11 is 6.00. The van der Waals surface area contributed by atoms with Crippen LogP contribution in [0, 0.1) is 5.82 Å². The van der Waals surface area contributed by atoms with Crippen molar-refractivity contribution in [1.82, 2.24) is 4.90 Å². The first-order chi connectivity index (χ1) is 13.2. The van der Waals surface area contributed by atoms with Crippen molar-refractivity contribution in [2.75, 3.05) is 0 Å². The van der Waals surface area contributed by atoms with Crippen molar-refractivity contribution in [3.8, 4) is 0 Å². The fourth-order valence-electron chi connectivity index (χ4n) is 3.65. The average Bonchev–Trinajstić information content (AvgIpc) is 3.05. The number of likely N-dealkylation sites (tertiary alicyclic amines) is 1. The van der Waals surface area contributed by atoms with Crippen LogP contribution < -0.4 is 0 Å². The van der Waals surface area contributed by atoms with E-state index in [4.69, 9.17) is 16.3 Å². The highest BCUT2D eigenvalue weighted by Gasteiger charge is 2.43. The Bertz CT molecular complexity index is 834. The Kier molecular flexibility index (Phi) is 5.96. The monoisotopic (exact) mass is 405 g/mol. The molecular weight excluding hydrogens is 381 g/mol. The molecule has 28 heavy (non-hydrogen) atoms. The van der Waals surface area contributed by atoms with Gasteiger partial charge in [-0.15, -0.1) is 0 Å². The van der Waals surface area contributed by atoms with Gasteiger partial charge >= 0.3 is 6.09 Å². The number of hydrogen-bond acceptors (Lipinski definition) is 3. The van der Waals surface area contributed by atoms with E-state index in [0.717, 1.165) is 5.56 Å². The zero-order chi connectivity index (χ0) is 20.5. The first-order valence-electron chi connectivity index (χ1n) is 9.36. The number of halogens is 2. The van der Waals surface area contributed by atoms with E-state index in [1.54, 1.807) is 49.9 Å². The molecule has 0 saturated carbocycles. The molecule has 0 radical (unpaired) electrons. The maximum absolute atomic E-state index is 13.6. The van der Waals surface area contributed by atoms with Crippen LogP contribution in [0.3, 0.4) is 0 Å². The zero-order valence-electron chi connectivity index (χ0n) is 16.2. The number of carbonyl (C=O) groups is 1.